The molecule has 0 aliphatic rings. The molecule has 0 atom stereocenters. The Bertz CT molecular complexity index is 1420. The Hall–Kier alpha value is -4.64. The van der Waals surface area contributed by atoms with Crippen LogP contribution in [0.1, 0.15) is 34.1 Å². The van der Waals surface area contributed by atoms with Crippen molar-refractivity contribution in [3.8, 4) is 45.0 Å². The number of H-pyrrole nitrogens is 2. The summed E-state index contributed by atoms with van der Waals surface area (Å²) in [4.78, 5) is 32.2. The van der Waals surface area contributed by atoms with E-state index in [1.54, 1.807) is 0 Å². The molecule has 2 heterocycles. The van der Waals surface area contributed by atoms with E-state index in [0.717, 1.165) is 39.3 Å². The number of nitrogens with one attached hydrogen (secondary N) is 2. The van der Waals surface area contributed by atoms with Crippen molar-refractivity contribution in [3.05, 3.63) is 108 Å². The lowest BCUT2D eigenvalue weighted by Gasteiger charge is -2.04. The molecule has 5 nitrogen and oxygen atoms in total. The second kappa shape index (κ2) is 9.92. The molecular formula is C31H26N2O3. The first-order chi connectivity index (χ1) is 17.6. The fraction of sp³-hybridized carbons (Fsp3) is 0.0968. The van der Waals surface area contributed by atoms with Gasteiger partial charge in [0.2, 0.25) is 0 Å². The van der Waals surface area contributed by atoms with Crippen LogP contribution in [0.4, 0.5) is 0 Å². The van der Waals surface area contributed by atoms with Gasteiger partial charge in [-0.05, 0) is 40.5 Å². The second-order valence-corrected chi connectivity index (χ2v) is 8.52. The van der Waals surface area contributed by atoms with Crippen LogP contribution in [0.15, 0.2) is 97.1 Å². The van der Waals surface area contributed by atoms with Gasteiger partial charge in [-0.2, -0.15) is 0 Å². The van der Waals surface area contributed by atoms with Crippen molar-refractivity contribution >= 4 is 11.8 Å². The average molecular weight is 475 g/mol. The molecule has 0 spiro atoms. The van der Waals surface area contributed by atoms with Gasteiger partial charge < -0.3 is 14.7 Å². The maximum Gasteiger partial charge on any atom is 0.340 e. The van der Waals surface area contributed by atoms with Gasteiger partial charge in [0.15, 0.2) is 5.78 Å². The zero-order chi connectivity index (χ0) is 25.1. The number of carbonyl (C=O) groups is 2. The molecule has 178 valence electrons. The number of carbonyl (C=O) groups excluding carboxylic acids is 2. The largest absolute Gasteiger partial charge is 0.465 e. The highest BCUT2D eigenvalue weighted by molar-refractivity contribution is 6.03. The van der Waals surface area contributed by atoms with E-state index in [4.69, 9.17) is 4.74 Å². The number of aromatic amines is 2. The summed E-state index contributed by atoms with van der Waals surface area (Å²) >= 11 is 0. The summed E-state index contributed by atoms with van der Waals surface area (Å²) in [5, 5.41) is 0. The number of rotatable bonds is 7. The highest BCUT2D eigenvalue weighted by atomic mass is 16.5. The molecule has 0 bridgehead atoms. The van der Waals surface area contributed by atoms with E-state index in [1.165, 1.54) is 7.11 Å². The quantitative estimate of drug-likeness (QED) is 0.191. The maximum atomic E-state index is 12.7. The maximum absolute atomic E-state index is 12.7. The van der Waals surface area contributed by atoms with Gasteiger partial charge in [-0.25, -0.2) is 4.79 Å². The van der Waals surface area contributed by atoms with Crippen molar-refractivity contribution in [1.29, 1.82) is 0 Å². The minimum atomic E-state index is -0.396. The van der Waals surface area contributed by atoms with Crippen molar-refractivity contribution in [2.24, 2.45) is 0 Å². The first-order valence-corrected chi connectivity index (χ1v) is 11.9. The van der Waals surface area contributed by atoms with Gasteiger partial charge in [-0.15, -0.1) is 0 Å². The Labute approximate surface area is 209 Å². The molecule has 0 aliphatic carbocycles. The highest BCUT2D eigenvalue weighted by Gasteiger charge is 2.20. The smallest absolute Gasteiger partial charge is 0.340 e. The average Bonchev–Trinajstić information content (AvgIpc) is 3.59. The van der Waals surface area contributed by atoms with Crippen LogP contribution in [0.2, 0.25) is 0 Å². The van der Waals surface area contributed by atoms with Gasteiger partial charge in [-0.3, -0.25) is 4.79 Å². The third-order valence-electron chi connectivity index (χ3n) is 6.27. The molecule has 36 heavy (non-hydrogen) atoms. The molecule has 5 heteroatoms. The van der Waals surface area contributed by atoms with E-state index in [9.17, 15) is 9.59 Å². The lowest BCUT2D eigenvalue weighted by atomic mass is 10.0. The summed E-state index contributed by atoms with van der Waals surface area (Å²) < 4.78 is 5.04. The number of benzene rings is 3. The number of ether oxygens (including phenoxy) is 1. The molecule has 2 aromatic heterocycles. The number of aromatic nitrogens is 2. The zero-order valence-corrected chi connectivity index (χ0v) is 20.2. The number of Topliss-reactive ketones (excluding diaryl/α,β-unsaturated/α-hetero) is 1. The van der Waals surface area contributed by atoms with Gasteiger partial charge in [-0.1, -0.05) is 85.8 Å². The molecule has 0 fully saturated rings. The van der Waals surface area contributed by atoms with Crippen LogP contribution in [0.3, 0.4) is 0 Å². The van der Waals surface area contributed by atoms with Crippen molar-refractivity contribution in [2.75, 3.05) is 7.11 Å². The zero-order valence-electron chi connectivity index (χ0n) is 20.2. The van der Waals surface area contributed by atoms with Crippen LogP contribution in [0, 0.1) is 0 Å². The molecule has 0 amide bonds. The van der Waals surface area contributed by atoms with Gasteiger partial charge in [0.05, 0.1) is 24.1 Å². The fourth-order valence-corrected chi connectivity index (χ4v) is 4.42. The first kappa shape index (κ1) is 23.1. The van der Waals surface area contributed by atoms with E-state index in [1.807, 2.05) is 104 Å². The van der Waals surface area contributed by atoms with E-state index >= 15 is 0 Å². The molecule has 0 radical (unpaired) electrons. The molecule has 5 aromatic rings. The van der Waals surface area contributed by atoms with Crippen LogP contribution >= 0.6 is 0 Å². The van der Waals surface area contributed by atoms with E-state index in [0.29, 0.717) is 23.2 Å². The monoisotopic (exact) mass is 474 g/mol. The minimum Gasteiger partial charge on any atom is -0.465 e. The van der Waals surface area contributed by atoms with E-state index in [2.05, 4.69) is 9.97 Å². The SMILES string of the molecule is CCC(=O)c1cc(-c2cccc(-c3cc(C(=O)OC)c(-c4ccccc4)[nH]3)c2)[nH]c1-c1ccccc1. The Kier molecular flexibility index (Phi) is 6.37. The Morgan fingerprint density at radius 3 is 1.61 bits per heavy atom. The number of methoxy groups -OCH3 is 1. The standard InChI is InChI=1S/C31H26N2O3/c1-3-28(34)24-18-26(32-29(24)20-11-6-4-7-12-20)22-15-10-16-23(17-22)27-19-25(31(35)36-2)30(33-27)21-13-8-5-9-14-21/h4-19,32-33H,3H2,1-2H3. The van der Waals surface area contributed by atoms with Crippen molar-refractivity contribution in [1.82, 2.24) is 9.97 Å². The van der Waals surface area contributed by atoms with Crippen LogP contribution < -0.4 is 0 Å². The predicted molar refractivity (Wildman–Crippen MR) is 143 cm³/mol. The van der Waals surface area contributed by atoms with Crippen LogP contribution in [-0.4, -0.2) is 28.8 Å². The topological polar surface area (TPSA) is 75.0 Å². The molecule has 2 N–H and O–H groups in total. The third kappa shape index (κ3) is 4.39. The highest BCUT2D eigenvalue weighted by Crippen LogP contribution is 2.34. The van der Waals surface area contributed by atoms with Crippen molar-refractivity contribution < 1.29 is 14.3 Å². The normalized spacial score (nSPS) is 10.8. The molecule has 0 aliphatic heterocycles. The number of hydrogen-bond acceptors (Lipinski definition) is 3. The van der Waals surface area contributed by atoms with Crippen LogP contribution in [0.25, 0.3) is 45.0 Å². The van der Waals surface area contributed by atoms with Gasteiger partial charge >= 0.3 is 5.97 Å². The number of esters is 1. The lowest BCUT2D eigenvalue weighted by molar-refractivity contribution is 0.0601. The lowest BCUT2D eigenvalue weighted by Crippen LogP contribution is -2.01. The molecule has 0 unspecified atom stereocenters. The Morgan fingerprint density at radius 1 is 0.639 bits per heavy atom. The summed E-state index contributed by atoms with van der Waals surface area (Å²) in [5.74, 6) is -0.306. The predicted octanol–water partition coefficient (Wildman–Crippen LogP) is 7.39. The number of hydrogen-bond donors (Lipinski definition) is 2. The summed E-state index contributed by atoms with van der Waals surface area (Å²) in [6.45, 7) is 1.87. The second-order valence-electron chi connectivity index (χ2n) is 8.52. The van der Waals surface area contributed by atoms with E-state index in [-0.39, 0.29) is 5.78 Å². The van der Waals surface area contributed by atoms with Crippen LogP contribution in [-0.2, 0) is 4.74 Å². The van der Waals surface area contributed by atoms with Gasteiger partial charge in [0, 0.05) is 23.4 Å². The molecule has 3 aromatic carbocycles. The Balaban J connectivity index is 1.59. The van der Waals surface area contributed by atoms with Crippen molar-refractivity contribution in [2.45, 2.75) is 13.3 Å². The van der Waals surface area contributed by atoms with Gasteiger partial charge in [0.25, 0.3) is 0 Å². The van der Waals surface area contributed by atoms with Crippen LogP contribution in [0.5, 0.6) is 0 Å². The summed E-state index contributed by atoms with van der Waals surface area (Å²) in [5.41, 5.74) is 8.08. The first-order valence-electron chi connectivity index (χ1n) is 11.9. The Morgan fingerprint density at radius 2 is 1.11 bits per heavy atom. The summed E-state index contributed by atoms with van der Waals surface area (Å²) in [7, 11) is 1.38. The summed E-state index contributed by atoms with van der Waals surface area (Å²) in [6, 6.07) is 31.3. The van der Waals surface area contributed by atoms with E-state index < -0.39 is 5.97 Å². The molecule has 0 saturated heterocycles. The van der Waals surface area contributed by atoms with Crippen molar-refractivity contribution in [3.63, 3.8) is 0 Å². The molecule has 5 rings (SSSR count). The molecule has 0 saturated carbocycles. The van der Waals surface area contributed by atoms with Gasteiger partial charge in [0.1, 0.15) is 0 Å². The molecular weight excluding hydrogens is 448 g/mol. The fourth-order valence-electron chi connectivity index (χ4n) is 4.42. The number of ketones is 1. The minimum absolute atomic E-state index is 0.0899. The third-order valence-corrected chi connectivity index (χ3v) is 6.27. The summed E-state index contributed by atoms with van der Waals surface area (Å²) in [6.07, 6.45) is 0.429.